The van der Waals surface area contributed by atoms with Crippen LogP contribution in [0.1, 0.15) is 44.7 Å². The van der Waals surface area contributed by atoms with Gasteiger partial charge in [-0.1, -0.05) is 20.8 Å². The van der Waals surface area contributed by atoms with Gasteiger partial charge in [0.1, 0.15) is 0 Å². The molecule has 3 nitrogen and oxygen atoms in total. The maximum absolute atomic E-state index is 6.11. The smallest absolute Gasteiger partial charge is 0.171 e. The summed E-state index contributed by atoms with van der Waals surface area (Å²) in [5.74, 6) is 0. The molecule has 16 heavy (non-hydrogen) atoms. The Hall–Kier alpha value is -0.613. The summed E-state index contributed by atoms with van der Waals surface area (Å²) in [6.45, 7) is 13.2. The maximum atomic E-state index is 6.11. The number of rotatable bonds is 4. The molecule has 1 unspecified atom stereocenters. The van der Waals surface area contributed by atoms with Crippen molar-refractivity contribution in [2.24, 2.45) is 5.41 Å². The molecule has 0 aromatic carbocycles. The molecule has 1 N–H and O–H groups in total. The molecule has 1 atom stereocenters. The van der Waals surface area contributed by atoms with Gasteiger partial charge < -0.3 is 9.41 Å². The number of aryl methyl sites for hydroxylation is 1. The molecular weight excluding hydrogens is 216 g/mol. The molecule has 1 rings (SSSR count). The van der Waals surface area contributed by atoms with E-state index < -0.39 is 9.04 Å². The van der Waals surface area contributed by atoms with Gasteiger partial charge in [0.05, 0.1) is 18.1 Å². The van der Waals surface area contributed by atoms with Gasteiger partial charge in [-0.15, -0.1) is 0 Å². The van der Waals surface area contributed by atoms with Gasteiger partial charge in [-0.3, -0.25) is 0 Å². The molecule has 92 valence electrons. The molecule has 4 heteroatoms. The largest absolute Gasteiger partial charge is 0.412 e. The molecule has 1 heterocycles. The molecule has 0 radical (unpaired) electrons. The summed E-state index contributed by atoms with van der Waals surface area (Å²) in [4.78, 5) is 7.53. The van der Waals surface area contributed by atoms with Gasteiger partial charge >= 0.3 is 0 Å². The van der Waals surface area contributed by atoms with Gasteiger partial charge in [0.25, 0.3) is 0 Å². The van der Waals surface area contributed by atoms with Crippen molar-refractivity contribution in [1.82, 2.24) is 9.97 Å². The van der Waals surface area contributed by atoms with Crippen molar-refractivity contribution in [2.75, 3.05) is 0 Å². The van der Waals surface area contributed by atoms with Crippen molar-refractivity contribution in [3.8, 4) is 0 Å². The Morgan fingerprint density at radius 1 is 1.44 bits per heavy atom. The minimum atomic E-state index is -1.04. The number of aromatic nitrogens is 2. The first-order valence-corrected chi connectivity index (χ1v) is 8.73. The van der Waals surface area contributed by atoms with Crippen LogP contribution in [0.3, 0.4) is 0 Å². The predicted molar refractivity (Wildman–Crippen MR) is 70.1 cm³/mol. The fourth-order valence-electron chi connectivity index (χ4n) is 1.79. The van der Waals surface area contributed by atoms with Crippen LogP contribution in [0.25, 0.3) is 0 Å². The Bertz CT molecular complexity index is 328. The Morgan fingerprint density at radius 3 is 2.44 bits per heavy atom. The number of hydrogen-bond acceptors (Lipinski definition) is 2. The zero-order valence-electron chi connectivity index (χ0n) is 11.3. The van der Waals surface area contributed by atoms with E-state index in [-0.39, 0.29) is 11.5 Å². The Balaban J connectivity index is 2.84. The predicted octanol–water partition coefficient (Wildman–Crippen LogP) is 3.20. The molecule has 0 saturated carbocycles. The average Bonchev–Trinajstić information content (AvgIpc) is 2.46. The monoisotopic (exact) mass is 240 g/mol. The number of imidazole rings is 1. The lowest BCUT2D eigenvalue weighted by molar-refractivity contribution is 0.142. The second kappa shape index (κ2) is 5.14. The maximum Gasteiger partial charge on any atom is 0.171 e. The Labute approximate surface area is 100 Å². The lowest BCUT2D eigenvalue weighted by Gasteiger charge is -2.27. The summed E-state index contributed by atoms with van der Waals surface area (Å²) in [6, 6.07) is 0. The zero-order chi connectivity index (χ0) is 12.3. The minimum Gasteiger partial charge on any atom is -0.412 e. The molecule has 0 fully saturated rings. The summed E-state index contributed by atoms with van der Waals surface area (Å²) in [5, 5.41) is 0. The van der Waals surface area contributed by atoms with Gasteiger partial charge in [-0.2, -0.15) is 0 Å². The van der Waals surface area contributed by atoms with Crippen molar-refractivity contribution in [3.05, 3.63) is 17.7 Å². The summed E-state index contributed by atoms with van der Waals surface area (Å²) in [6.07, 6.45) is 2.92. The SMILES string of the molecule is Cc1[nH]cnc1C(CC(C)(C)C)O[SiH](C)C. The lowest BCUT2D eigenvalue weighted by atomic mass is 9.88. The Morgan fingerprint density at radius 2 is 2.06 bits per heavy atom. The standard InChI is InChI=1S/C12H24N2OSi/c1-9-11(14-8-13-9)10(15-16(5)6)7-12(2,3)4/h8,10,16H,7H2,1-6H3,(H,13,14). The van der Waals surface area contributed by atoms with Crippen LogP contribution in [-0.4, -0.2) is 19.0 Å². The van der Waals surface area contributed by atoms with Gasteiger partial charge in [0.2, 0.25) is 0 Å². The van der Waals surface area contributed by atoms with E-state index in [1.807, 2.05) is 0 Å². The van der Waals surface area contributed by atoms with Crippen LogP contribution in [-0.2, 0) is 4.43 Å². The minimum absolute atomic E-state index is 0.151. The highest BCUT2D eigenvalue weighted by Crippen LogP contribution is 2.32. The van der Waals surface area contributed by atoms with E-state index in [1.165, 1.54) is 0 Å². The van der Waals surface area contributed by atoms with Crippen LogP contribution < -0.4 is 0 Å². The topological polar surface area (TPSA) is 37.9 Å². The van der Waals surface area contributed by atoms with Gasteiger partial charge in [0.15, 0.2) is 9.04 Å². The summed E-state index contributed by atoms with van der Waals surface area (Å²) < 4.78 is 6.11. The fraction of sp³-hybridized carbons (Fsp3) is 0.750. The van der Waals surface area contributed by atoms with E-state index in [9.17, 15) is 0 Å². The third-order valence-electron chi connectivity index (χ3n) is 2.41. The molecular formula is C12H24N2OSi. The Kier molecular flexibility index (Phi) is 4.33. The van der Waals surface area contributed by atoms with Crippen molar-refractivity contribution in [3.63, 3.8) is 0 Å². The third-order valence-corrected chi connectivity index (χ3v) is 3.28. The van der Waals surface area contributed by atoms with E-state index in [0.717, 1.165) is 17.8 Å². The molecule has 0 aliphatic rings. The second-order valence-electron chi connectivity index (χ2n) is 5.85. The number of aromatic amines is 1. The lowest BCUT2D eigenvalue weighted by Crippen LogP contribution is -2.20. The second-order valence-corrected chi connectivity index (χ2v) is 8.22. The number of hydrogen-bond donors (Lipinski definition) is 1. The van der Waals surface area contributed by atoms with Crippen LogP contribution in [0.4, 0.5) is 0 Å². The molecule has 0 saturated heterocycles. The van der Waals surface area contributed by atoms with Crippen molar-refractivity contribution >= 4 is 9.04 Å². The quantitative estimate of drug-likeness (QED) is 0.821. The van der Waals surface area contributed by atoms with Crippen LogP contribution in [0.2, 0.25) is 13.1 Å². The molecule has 0 amide bonds. The number of H-pyrrole nitrogens is 1. The molecule has 1 aromatic rings. The van der Waals surface area contributed by atoms with E-state index in [4.69, 9.17) is 4.43 Å². The van der Waals surface area contributed by atoms with Crippen LogP contribution >= 0.6 is 0 Å². The molecule has 1 aromatic heterocycles. The summed E-state index contributed by atoms with van der Waals surface area (Å²) >= 11 is 0. The number of nitrogens with zero attached hydrogens (tertiary/aromatic N) is 1. The van der Waals surface area contributed by atoms with Crippen molar-refractivity contribution < 1.29 is 4.43 Å². The molecule has 0 bridgehead atoms. The molecule has 0 spiro atoms. The molecule has 0 aliphatic carbocycles. The van der Waals surface area contributed by atoms with Crippen LogP contribution in [0.15, 0.2) is 6.33 Å². The first-order valence-electron chi connectivity index (χ1n) is 5.95. The first-order chi connectivity index (χ1) is 7.29. The fourth-order valence-corrected chi connectivity index (χ4v) is 2.67. The highest BCUT2D eigenvalue weighted by molar-refractivity contribution is 6.48. The summed E-state index contributed by atoms with van der Waals surface area (Å²) in [7, 11) is -1.04. The zero-order valence-corrected chi connectivity index (χ0v) is 12.4. The third kappa shape index (κ3) is 4.10. The van der Waals surface area contributed by atoms with Crippen LogP contribution in [0.5, 0.6) is 0 Å². The first kappa shape index (κ1) is 13.5. The highest BCUT2D eigenvalue weighted by Gasteiger charge is 2.24. The van der Waals surface area contributed by atoms with E-state index in [2.05, 4.69) is 50.8 Å². The van der Waals surface area contributed by atoms with Gasteiger partial charge in [0, 0.05) is 5.69 Å². The van der Waals surface area contributed by atoms with Gasteiger partial charge in [-0.25, -0.2) is 4.98 Å². The number of nitrogens with one attached hydrogen (secondary N) is 1. The highest BCUT2D eigenvalue weighted by atomic mass is 28.3. The van der Waals surface area contributed by atoms with E-state index >= 15 is 0 Å². The average molecular weight is 240 g/mol. The van der Waals surface area contributed by atoms with Gasteiger partial charge in [-0.05, 0) is 31.9 Å². The van der Waals surface area contributed by atoms with Crippen molar-refractivity contribution in [1.29, 1.82) is 0 Å². The van der Waals surface area contributed by atoms with Crippen molar-refractivity contribution in [2.45, 2.75) is 53.3 Å². The van der Waals surface area contributed by atoms with Crippen LogP contribution in [0, 0.1) is 12.3 Å². The van der Waals surface area contributed by atoms with E-state index in [0.29, 0.717) is 0 Å². The van der Waals surface area contributed by atoms with E-state index in [1.54, 1.807) is 6.33 Å². The normalized spacial score (nSPS) is 14.4. The molecule has 0 aliphatic heterocycles. The summed E-state index contributed by atoms with van der Waals surface area (Å²) in [5.41, 5.74) is 2.47.